The summed E-state index contributed by atoms with van der Waals surface area (Å²) in [6.07, 6.45) is 0.516. The van der Waals surface area contributed by atoms with Crippen LogP contribution < -0.4 is 25.6 Å². The predicted octanol–water partition coefficient (Wildman–Crippen LogP) is 1.48. The molecule has 0 radical (unpaired) electrons. The number of hydrazine groups is 1. The number of pyridine rings is 1. The number of hydrogen-bond acceptors (Lipinski definition) is 6. The first-order valence-corrected chi connectivity index (χ1v) is 9.14. The van der Waals surface area contributed by atoms with Crippen LogP contribution in [0.1, 0.15) is 24.3 Å². The minimum atomic E-state index is -0.863. The maximum Gasteiger partial charge on any atom is 0.279 e. The Morgan fingerprint density at radius 2 is 1.79 bits per heavy atom. The average molecular weight is 421 g/mol. The zero-order valence-corrected chi connectivity index (χ0v) is 16.7. The highest BCUT2D eigenvalue weighted by Gasteiger charge is 2.16. The second kappa shape index (κ2) is 10.9. The van der Waals surface area contributed by atoms with Crippen LogP contribution in [-0.4, -0.2) is 42.0 Å². The summed E-state index contributed by atoms with van der Waals surface area (Å²) < 4.78 is 10.8. The number of benzene rings is 1. The van der Waals surface area contributed by atoms with Crippen molar-refractivity contribution in [3.05, 3.63) is 53.3 Å². The summed E-state index contributed by atoms with van der Waals surface area (Å²) in [5.74, 6) is -0.582. The van der Waals surface area contributed by atoms with Crippen LogP contribution in [0, 0.1) is 0 Å². The molecule has 2 rings (SSSR count). The van der Waals surface area contributed by atoms with Crippen LogP contribution in [0.5, 0.6) is 11.5 Å². The van der Waals surface area contributed by atoms with Crippen molar-refractivity contribution in [2.45, 2.75) is 20.0 Å². The lowest BCUT2D eigenvalue weighted by Crippen LogP contribution is -2.50. The molecule has 0 unspecified atom stereocenters. The van der Waals surface area contributed by atoms with Crippen molar-refractivity contribution in [1.82, 2.24) is 21.2 Å². The average Bonchev–Trinajstić information content (AvgIpc) is 2.71. The SMILES string of the molecule is CCOc1ccc(O[C@@H](C)C(=O)NNC(=O)CNC(=O)c2cc(Cl)ccn2)cc1. The summed E-state index contributed by atoms with van der Waals surface area (Å²) in [6.45, 7) is 3.60. The molecule has 1 atom stereocenters. The molecule has 0 spiro atoms. The molecule has 1 heterocycles. The lowest BCUT2D eigenvalue weighted by molar-refractivity contribution is -0.132. The molecule has 0 aliphatic carbocycles. The highest BCUT2D eigenvalue weighted by molar-refractivity contribution is 6.30. The van der Waals surface area contributed by atoms with Crippen LogP contribution in [0.15, 0.2) is 42.6 Å². The standard InChI is InChI=1S/C19H21ClN4O5/c1-3-28-14-4-6-15(7-5-14)29-12(2)18(26)24-23-17(25)11-22-19(27)16-10-13(20)8-9-21-16/h4-10,12H,3,11H2,1-2H3,(H,22,27)(H,23,25)(H,24,26)/t12-/m0/s1. The van der Waals surface area contributed by atoms with Crippen molar-refractivity contribution < 1.29 is 23.9 Å². The van der Waals surface area contributed by atoms with Gasteiger partial charge >= 0.3 is 0 Å². The van der Waals surface area contributed by atoms with Crippen molar-refractivity contribution in [3.8, 4) is 11.5 Å². The van der Waals surface area contributed by atoms with E-state index in [9.17, 15) is 14.4 Å². The van der Waals surface area contributed by atoms with E-state index in [4.69, 9.17) is 21.1 Å². The summed E-state index contributed by atoms with van der Waals surface area (Å²) in [5.41, 5.74) is 4.50. The largest absolute Gasteiger partial charge is 0.494 e. The molecular weight excluding hydrogens is 400 g/mol. The first-order valence-electron chi connectivity index (χ1n) is 8.77. The minimum absolute atomic E-state index is 0.0757. The Morgan fingerprint density at radius 3 is 2.45 bits per heavy atom. The third-order valence-electron chi connectivity index (χ3n) is 3.51. The number of amides is 3. The van der Waals surface area contributed by atoms with Gasteiger partial charge in [0.05, 0.1) is 13.2 Å². The molecule has 0 fully saturated rings. The highest BCUT2D eigenvalue weighted by atomic mass is 35.5. The van der Waals surface area contributed by atoms with Gasteiger partial charge in [-0.05, 0) is 50.2 Å². The molecule has 1 aromatic carbocycles. The monoisotopic (exact) mass is 420 g/mol. The molecule has 0 bridgehead atoms. The number of carbonyl (C=O) groups is 3. The number of ether oxygens (including phenoxy) is 2. The molecular formula is C19H21ClN4O5. The first-order chi connectivity index (χ1) is 13.9. The zero-order chi connectivity index (χ0) is 21.2. The van der Waals surface area contributed by atoms with Crippen LogP contribution in [-0.2, 0) is 9.59 Å². The van der Waals surface area contributed by atoms with Gasteiger partial charge in [0.1, 0.15) is 17.2 Å². The Balaban J connectivity index is 1.73. The van der Waals surface area contributed by atoms with E-state index in [2.05, 4.69) is 21.2 Å². The molecule has 9 nitrogen and oxygen atoms in total. The molecule has 0 saturated carbocycles. The lowest BCUT2D eigenvalue weighted by Gasteiger charge is -2.15. The number of aromatic nitrogens is 1. The van der Waals surface area contributed by atoms with Crippen molar-refractivity contribution in [3.63, 3.8) is 0 Å². The fraction of sp³-hybridized carbons (Fsp3) is 0.263. The summed E-state index contributed by atoms with van der Waals surface area (Å²) in [4.78, 5) is 39.6. The number of halogens is 1. The van der Waals surface area contributed by atoms with Crippen molar-refractivity contribution in [2.75, 3.05) is 13.2 Å². The molecule has 10 heteroatoms. The van der Waals surface area contributed by atoms with Gasteiger partial charge < -0.3 is 14.8 Å². The lowest BCUT2D eigenvalue weighted by atomic mass is 10.3. The van der Waals surface area contributed by atoms with E-state index < -0.39 is 23.8 Å². The fourth-order valence-electron chi connectivity index (χ4n) is 2.10. The molecule has 0 saturated heterocycles. The van der Waals surface area contributed by atoms with Gasteiger partial charge in [-0.3, -0.25) is 30.2 Å². The maximum atomic E-state index is 12.0. The van der Waals surface area contributed by atoms with Gasteiger partial charge in [0.2, 0.25) is 0 Å². The Labute approximate surface area is 172 Å². The van der Waals surface area contributed by atoms with E-state index in [1.54, 1.807) is 24.3 Å². The van der Waals surface area contributed by atoms with Gasteiger partial charge in [0.15, 0.2) is 6.10 Å². The topological polar surface area (TPSA) is 119 Å². The highest BCUT2D eigenvalue weighted by Crippen LogP contribution is 2.18. The van der Waals surface area contributed by atoms with E-state index in [0.29, 0.717) is 23.1 Å². The number of carbonyl (C=O) groups excluding carboxylic acids is 3. The van der Waals surface area contributed by atoms with E-state index in [-0.39, 0.29) is 12.2 Å². The summed E-state index contributed by atoms with van der Waals surface area (Å²) in [6, 6.07) is 9.69. The molecule has 29 heavy (non-hydrogen) atoms. The molecule has 3 N–H and O–H groups in total. The van der Waals surface area contributed by atoms with Crippen LogP contribution in [0.3, 0.4) is 0 Å². The Bertz CT molecular complexity index is 860. The summed E-state index contributed by atoms with van der Waals surface area (Å²) >= 11 is 5.78. The normalized spacial score (nSPS) is 11.1. The molecule has 154 valence electrons. The van der Waals surface area contributed by atoms with E-state index in [1.807, 2.05) is 6.92 Å². The van der Waals surface area contributed by atoms with E-state index in [1.165, 1.54) is 25.3 Å². The summed E-state index contributed by atoms with van der Waals surface area (Å²) in [5, 5.41) is 2.72. The van der Waals surface area contributed by atoms with Crippen LogP contribution in [0.4, 0.5) is 0 Å². The number of nitrogens with zero attached hydrogens (tertiary/aromatic N) is 1. The smallest absolute Gasteiger partial charge is 0.279 e. The Morgan fingerprint density at radius 1 is 1.10 bits per heavy atom. The van der Waals surface area contributed by atoms with Crippen molar-refractivity contribution in [1.29, 1.82) is 0 Å². The Kier molecular flexibility index (Phi) is 8.23. The second-order valence-corrected chi connectivity index (χ2v) is 6.18. The van der Waals surface area contributed by atoms with Crippen molar-refractivity contribution >= 4 is 29.3 Å². The molecule has 3 amide bonds. The Hall–Kier alpha value is -3.33. The summed E-state index contributed by atoms with van der Waals surface area (Å²) in [7, 11) is 0. The molecule has 2 aromatic rings. The maximum absolute atomic E-state index is 12.0. The fourth-order valence-corrected chi connectivity index (χ4v) is 2.26. The van der Waals surface area contributed by atoms with Gasteiger partial charge in [-0.15, -0.1) is 0 Å². The van der Waals surface area contributed by atoms with Crippen LogP contribution >= 0.6 is 11.6 Å². The van der Waals surface area contributed by atoms with Gasteiger partial charge in [-0.2, -0.15) is 0 Å². The van der Waals surface area contributed by atoms with Gasteiger partial charge in [-0.25, -0.2) is 0 Å². The van der Waals surface area contributed by atoms with E-state index in [0.717, 1.165) is 0 Å². The molecule has 1 aromatic heterocycles. The minimum Gasteiger partial charge on any atom is -0.494 e. The van der Waals surface area contributed by atoms with Crippen LogP contribution in [0.25, 0.3) is 0 Å². The molecule has 0 aliphatic heterocycles. The second-order valence-electron chi connectivity index (χ2n) is 5.74. The van der Waals surface area contributed by atoms with Crippen LogP contribution in [0.2, 0.25) is 5.02 Å². The third kappa shape index (κ3) is 7.30. The van der Waals surface area contributed by atoms with Crippen molar-refractivity contribution in [2.24, 2.45) is 0 Å². The van der Waals surface area contributed by atoms with Gasteiger partial charge in [0.25, 0.3) is 17.7 Å². The quantitative estimate of drug-likeness (QED) is 0.556. The van der Waals surface area contributed by atoms with Gasteiger partial charge in [0, 0.05) is 11.2 Å². The number of nitrogens with one attached hydrogen (secondary N) is 3. The third-order valence-corrected chi connectivity index (χ3v) is 3.74. The number of hydrogen-bond donors (Lipinski definition) is 3. The first kappa shape index (κ1) is 22.0. The molecule has 0 aliphatic rings. The van der Waals surface area contributed by atoms with Gasteiger partial charge in [-0.1, -0.05) is 11.6 Å². The number of rotatable bonds is 8. The predicted molar refractivity (Wildman–Crippen MR) is 106 cm³/mol. The van der Waals surface area contributed by atoms with E-state index >= 15 is 0 Å². The zero-order valence-electron chi connectivity index (χ0n) is 15.9.